The molecule has 0 N–H and O–H groups in total. The monoisotopic (exact) mass is 370 g/mol. The number of hydrogen-bond donors (Lipinski definition) is 0. The first-order valence-corrected chi connectivity index (χ1v) is 10.8. The van der Waals surface area contributed by atoms with E-state index in [1.54, 1.807) is 11.1 Å². The molecule has 0 unspecified atom stereocenters. The van der Waals surface area contributed by atoms with Crippen molar-refractivity contribution < 1.29 is 13.2 Å². The summed E-state index contributed by atoms with van der Waals surface area (Å²) in [6, 6.07) is 3.74. The van der Waals surface area contributed by atoms with E-state index in [2.05, 4.69) is 4.98 Å². The molecule has 1 aliphatic rings. The molecule has 1 saturated heterocycles. The quantitative estimate of drug-likeness (QED) is 0.832. The van der Waals surface area contributed by atoms with Gasteiger partial charge in [-0.3, -0.25) is 4.79 Å². The molecule has 3 rings (SSSR count). The summed E-state index contributed by atoms with van der Waals surface area (Å²) in [5.41, 5.74) is 0. The minimum Gasteiger partial charge on any atom is -0.341 e. The Labute approximate surface area is 143 Å². The zero-order chi connectivity index (χ0) is 16.4. The van der Waals surface area contributed by atoms with Crippen molar-refractivity contribution in [2.24, 2.45) is 0 Å². The smallest absolute Gasteiger partial charge is 0.227 e. The molecule has 124 valence electrons. The Kier molecular flexibility index (Phi) is 4.84. The van der Waals surface area contributed by atoms with Gasteiger partial charge in [0, 0.05) is 29.0 Å². The molecule has 0 saturated carbocycles. The molecule has 0 radical (unpaired) electrons. The highest BCUT2D eigenvalue weighted by Crippen LogP contribution is 2.32. The van der Waals surface area contributed by atoms with E-state index >= 15 is 0 Å². The maximum absolute atomic E-state index is 12.5. The van der Waals surface area contributed by atoms with Crippen molar-refractivity contribution in [3.05, 3.63) is 38.5 Å². The van der Waals surface area contributed by atoms with Gasteiger partial charge in [0.25, 0.3) is 0 Å². The summed E-state index contributed by atoms with van der Waals surface area (Å²) in [6.45, 7) is 2.67. The zero-order valence-corrected chi connectivity index (χ0v) is 15.2. The lowest BCUT2D eigenvalue weighted by Crippen LogP contribution is -2.34. The van der Waals surface area contributed by atoms with Gasteiger partial charge in [-0.05, 0) is 24.8 Å². The molecule has 23 heavy (non-hydrogen) atoms. The fourth-order valence-electron chi connectivity index (χ4n) is 2.74. The number of sulfone groups is 1. The zero-order valence-electron chi connectivity index (χ0n) is 12.8. The summed E-state index contributed by atoms with van der Waals surface area (Å²) in [5.74, 6) is 0.0129. The van der Waals surface area contributed by atoms with Gasteiger partial charge in [0.2, 0.25) is 5.91 Å². The number of hydrogen-bond acceptors (Lipinski definition) is 6. The molecule has 2 aromatic heterocycles. The summed E-state index contributed by atoms with van der Waals surface area (Å²) in [7, 11) is -3.21. The van der Waals surface area contributed by atoms with Crippen LogP contribution in [0.5, 0.6) is 0 Å². The van der Waals surface area contributed by atoms with E-state index in [0.717, 1.165) is 14.8 Å². The SMILES string of the molecule is Cc1ncc(CC(=O)N2CC[C@@H](c3cccs3)S(=O)(=O)CC2)s1. The molecule has 1 fully saturated rings. The normalized spacial score (nSPS) is 21.1. The molecule has 8 heteroatoms. The van der Waals surface area contributed by atoms with Gasteiger partial charge in [0.1, 0.15) is 0 Å². The third-order valence-electron chi connectivity index (χ3n) is 3.95. The minimum atomic E-state index is -3.21. The molecule has 1 atom stereocenters. The number of thiophene rings is 1. The van der Waals surface area contributed by atoms with Crippen LogP contribution in [0.15, 0.2) is 23.7 Å². The third kappa shape index (κ3) is 3.81. The van der Waals surface area contributed by atoms with Gasteiger partial charge in [-0.2, -0.15) is 0 Å². The fourth-order valence-corrected chi connectivity index (χ4v) is 6.53. The molecule has 0 aromatic carbocycles. The van der Waals surface area contributed by atoms with E-state index in [9.17, 15) is 13.2 Å². The van der Waals surface area contributed by atoms with E-state index in [1.165, 1.54) is 22.7 Å². The van der Waals surface area contributed by atoms with Crippen LogP contribution in [0.4, 0.5) is 0 Å². The topological polar surface area (TPSA) is 67.3 Å². The fraction of sp³-hybridized carbons (Fsp3) is 0.467. The molecule has 0 spiro atoms. The molecule has 1 amide bonds. The predicted octanol–water partition coefficient (Wildman–Crippen LogP) is 2.44. The van der Waals surface area contributed by atoms with Gasteiger partial charge in [0.05, 0.1) is 22.4 Å². The first-order valence-electron chi connectivity index (χ1n) is 7.40. The van der Waals surface area contributed by atoms with E-state index in [4.69, 9.17) is 0 Å². The van der Waals surface area contributed by atoms with Crippen LogP contribution in [-0.2, 0) is 21.1 Å². The van der Waals surface area contributed by atoms with Gasteiger partial charge < -0.3 is 4.90 Å². The van der Waals surface area contributed by atoms with Gasteiger partial charge in [-0.1, -0.05) is 6.07 Å². The van der Waals surface area contributed by atoms with Crippen LogP contribution in [0.25, 0.3) is 0 Å². The third-order valence-corrected chi connectivity index (χ3v) is 8.10. The molecular formula is C15H18N2O3S3. The number of amides is 1. The van der Waals surface area contributed by atoms with Gasteiger partial charge in [0.15, 0.2) is 9.84 Å². The highest BCUT2D eigenvalue weighted by atomic mass is 32.2. The van der Waals surface area contributed by atoms with E-state index in [-0.39, 0.29) is 18.2 Å². The maximum atomic E-state index is 12.5. The predicted molar refractivity (Wildman–Crippen MR) is 92.6 cm³/mol. The van der Waals surface area contributed by atoms with Crippen molar-refractivity contribution in [2.75, 3.05) is 18.8 Å². The Bertz CT molecular complexity index is 781. The Morgan fingerprint density at radius 2 is 2.26 bits per heavy atom. The van der Waals surface area contributed by atoms with Crippen molar-refractivity contribution in [2.45, 2.75) is 25.0 Å². The Morgan fingerprint density at radius 1 is 1.43 bits per heavy atom. The first kappa shape index (κ1) is 16.6. The van der Waals surface area contributed by atoms with E-state index < -0.39 is 15.1 Å². The molecule has 0 aliphatic carbocycles. The van der Waals surface area contributed by atoms with Gasteiger partial charge in [-0.15, -0.1) is 22.7 Å². The lowest BCUT2D eigenvalue weighted by atomic mass is 10.2. The Balaban J connectivity index is 1.71. The average Bonchev–Trinajstić information content (AvgIpc) is 3.11. The van der Waals surface area contributed by atoms with Crippen LogP contribution >= 0.6 is 22.7 Å². The summed E-state index contributed by atoms with van der Waals surface area (Å²) in [5, 5.41) is 2.35. The second-order valence-electron chi connectivity index (χ2n) is 5.56. The highest BCUT2D eigenvalue weighted by molar-refractivity contribution is 7.91. The standard InChI is InChI=1S/C15H18N2O3S3/c1-11-16-10-12(22-11)9-15(18)17-5-4-14(13-3-2-7-21-13)23(19,20)8-6-17/h2-3,7,10,14H,4-6,8-9H2,1H3/t14-/m0/s1. The molecule has 0 bridgehead atoms. The number of carbonyl (C=O) groups excluding carboxylic acids is 1. The van der Waals surface area contributed by atoms with Crippen LogP contribution in [0.2, 0.25) is 0 Å². The lowest BCUT2D eigenvalue weighted by molar-refractivity contribution is -0.130. The molecule has 5 nitrogen and oxygen atoms in total. The van der Waals surface area contributed by atoms with Crippen molar-refractivity contribution >= 4 is 38.4 Å². The largest absolute Gasteiger partial charge is 0.341 e. The Hall–Kier alpha value is -1.25. The first-order chi connectivity index (χ1) is 11.0. The van der Waals surface area contributed by atoms with Crippen LogP contribution in [-0.4, -0.2) is 43.1 Å². The molecule has 3 heterocycles. The number of aromatic nitrogens is 1. The molecular weight excluding hydrogens is 352 g/mol. The van der Waals surface area contributed by atoms with Crippen LogP contribution in [0.1, 0.15) is 26.4 Å². The average molecular weight is 371 g/mol. The molecule has 1 aliphatic heterocycles. The number of carbonyl (C=O) groups is 1. The Morgan fingerprint density at radius 3 is 2.91 bits per heavy atom. The number of nitrogens with zero attached hydrogens (tertiary/aromatic N) is 2. The highest BCUT2D eigenvalue weighted by Gasteiger charge is 2.33. The van der Waals surface area contributed by atoms with Crippen molar-refractivity contribution in [3.8, 4) is 0 Å². The van der Waals surface area contributed by atoms with E-state index in [0.29, 0.717) is 19.4 Å². The molecule has 2 aromatic rings. The summed E-state index contributed by atoms with van der Waals surface area (Å²) < 4.78 is 25.0. The maximum Gasteiger partial charge on any atom is 0.227 e. The van der Waals surface area contributed by atoms with Gasteiger partial charge >= 0.3 is 0 Å². The summed E-state index contributed by atoms with van der Waals surface area (Å²) in [6.07, 6.45) is 2.49. The minimum absolute atomic E-state index is 0.0179. The lowest BCUT2D eigenvalue weighted by Gasteiger charge is -2.19. The second-order valence-corrected chi connectivity index (χ2v) is 10.2. The number of aryl methyl sites for hydroxylation is 1. The van der Waals surface area contributed by atoms with Crippen molar-refractivity contribution in [1.29, 1.82) is 0 Å². The summed E-state index contributed by atoms with van der Waals surface area (Å²) in [4.78, 5) is 20.1. The van der Waals surface area contributed by atoms with Crippen molar-refractivity contribution in [1.82, 2.24) is 9.88 Å². The summed E-state index contributed by atoms with van der Waals surface area (Å²) >= 11 is 2.98. The van der Waals surface area contributed by atoms with Crippen LogP contribution in [0.3, 0.4) is 0 Å². The van der Waals surface area contributed by atoms with Crippen LogP contribution in [0, 0.1) is 6.92 Å². The number of rotatable bonds is 3. The van der Waals surface area contributed by atoms with Crippen molar-refractivity contribution in [3.63, 3.8) is 0 Å². The second kappa shape index (κ2) is 6.70. The number of thiazole rings is 1. The van der Waals surface area contributed by atoms with E-state index in [1.807, 2.05) is 24.4 Å². The van der Waals surface area contributed by atoms with Crippen LogP contribution < -0.4 is 0 Å². The van der Waals surface area contributed by atoms with Gasteiger partial charge in [-0.25, -0.2) is 13.4 Å².